The first kappa shape index (κ1) is 22.6. The number of hydrogen-bond acceptors (Lipinski definition) is 4. The molecule has 2 fully saturated rings. The van der Waals surface area contributed by atoms with Crippen molar-refractivity contribution in [3.63, 3.8) is 0 Å². The van der Waals surface area contributed by atoms with Crippen molar-refractivity contribution >= 4 is 43.7 Å². The summed E-state index contributed by atoms with van der Waals surface area (Å²) in [7, 11) is 0. The van der Waals surface area contributed by atoms with Crippen molar-refractivity contribution in [2.45, 2.75) is 57.5 Å². The van der Waals surface area contributed by atoms with Gasteiger partial charge in [0.25, 0.3) is 0 Å². The minimum Gasteiger partial charge on any atom is -0.506 e. The van der Waals surface area contributed by atoms with E-state index in [0.717, 1.165) is 44.2 Å². The molecule has 0 aliphatic carbocycles. The first-order chi connectivity index (χ1) is 13.8. The third-order valence-corrected chi connectivity index (χ3v) is 7.32. The van der Waals surface area contributed by atoms with Crippen molar-refractivity contribution in [3.05, 3.63) is 26.6 Å². The number of carbonyl (C=O) groups is 2. The number of carboxylic acid groups (broad SMARTS) is 1. The molecule has 0 saturated carbocycles. The van der Waals surface area contributed by atoms with Crippen molar-refractivity contribution in [2.24, 2.45) is 5.92 Å². The summed E-state index contributed by atoms with van der Waals surface area (Å²) in [5, 5.41) is 19.4. The Kier molecular flexibility index (Phi) is 7.62. The molecule has 0 spiro atoms. The highest BCUT2D eigenvalue weighted by Gasteiger charge is 2.36. The van der Waals surface area contributed by atoms with E-state index >= 15 is 0 Å². The smallest absolute Gasteiger partial charge is 0.320 e. The number of carbonyl (C=O) groups excluding carboxylic acids is 1. The highest BCUT2D eigenvalue weighted by Crippen LogP contribution is 2.34. The first-order valence-corrected chi connectivity index (χ1v) is 11.8. The Hall–Kier alpha value is -1.12. The Labute approximate surface area is 188 Å². The largest absolute Gasteiger partial charge is 0.506 e. The van der Waals surface area contributed by atoms with Crippen molar-refractivity contribution < 1.29 is 19.8 Å². The average molecular weight is 532 g/mol. The van der Waals surface area contributed by atoms with Gasteiger partial charge in [0.1, 0.15) is 11.8 Å². The number of nitrogens with zero attached hydrogens (tertiary/aromatic N) is 2. The molecular weight excluding hydrogens is 504 g/mol. The fourth-order valence-corrected chi connectivity index (χ4v) is 5.84. The third kappa shape index (κ3) is 5.33. The molecule has 2 N–H and O–H groups in total. The van der Waals surface area contributed by atoms with Gasteiger partial charge >= 0.3 is 5.97 Å². The number of halogens is 2. The van der Waals surface area contributed by atoms with E-state index in [0.29, 0.717) is 28.5 Å². The number of rotatable bonds is 5. The Morgan fingerprint density at radius 2 is 1.72 bits per heavy atom. The Balaban J connectivity index is 1.56. The number of carboxylic acids is 1. The van der Waals surface area contributed by atoms with Crippen molar-refractivity contribution in [2.75, 3.05) is 19.6 Å². The number of aromatic hydroxyl groups is 1. The maximum Gasteiger partial charge on any atom is 0.320 e. The zero-order chi connectivity index (χ0) is 21.1. The van der Waals surface area contributed by atoms with Gasteiger partial charge in [-0.05, 0) is 88.2 Å². The zero-order valence-corrected chi connectivity index (χ0v) is 19.8. The molecule has 3 rings (SSSR count). The Bertz CT molecular complexity index is 742. The summed E-state index contributed by atoms with van der Waals surface area (Å²) < 4.78 is 1.22. The van der Waals surface area contributed by atoms with Gasteiger partial charge in [0.05, 0.1) is 8.95 Å². The quantitative estimate of drug-likeness (QED) is 0.599. The molecule has 6 nitrogen and oxygen atoms in total. The molecule has 1 aromatic carbocycles. The van der Waals surface area contributed by atoms with E-state index in [1.54, 1.807) is 0 Å². The van der Waals surface area contributed by atoms with Crippen LogP contribution >= 0.6 is 31.9 Å². The van der Waals surface area contributed by atoms with Crippen LogP contribution in [0.5, 0.6) is 5.75 Å². The summed E-state index contributed by atoms with van der Waals surface area (Å²) in [6.07, 6.45) is 5.02. The fraction of sp³-hybridized carbons (Fsp3) is 0.619. The van der Waals surface area contributed by atoms with Gasteiger partial charge in [-0.25, -0.2) is 0 Å². The van der Waals surface area contributed by atoms with Gasteiger partial charge in [0, 0.05) is 25.0 Å². The van der Waals surface area contributed by atoms with E-state index in [1.165, 1.54) is 0 Å². The normalized spacial score (nSPS) is 22.4. The van der Waals surface area contributed by atoms with Gasteiger partial charge in [-0.15, -0.1) is 0 Å². The van der Waals surface area contributed by atoms with Crippen LogP contribution in [-0.2, 0) is 16.0 Å². The van der Waals surface area contributed by atoms with Gasteiger partial charge in [-0.1, -0.05) is 13.3 Å². The average Bonchev–Trinajstić information content (AvgIpc) is 2.71. The second-order valence-corrected chi connectivity index (χ2v) is 9.87. The van der Waals surface area contributed by atoms with Crippen LogP contribution in [0, 0.1) is 5.92 Å². The monoisotopic (exact) mass is 530 g/mol. The number of hydrogen-bond donors (Lipinski definition) is 2. The molecule has 1 amide bonds. The van der Waals surface area contributed by atoms with E-state index in [9.17, 15) is 19.8 Å². The van der Waals surface area contributed by atoms with Gasteiger partial charge in [0.15, 0.2) is 0 Å². The first-order valence-electron chi connectivity index (χ1n) is 10.2. The van der Waals surface area contributed by atoms with Crippen molar-refractivity contribution in [3.8, 4) is 5.75 Å². The van der Waals surface area contributed by atoms with E-state index < -0.39 is 5.97 Å². The minimum atomic E-state index is -0.719. The molecule has 8 heteroatoms. The number of benzene rings is 1. The third-order valence-electron chi connectivity index (χ3n) is 6.11. The number of phenolic OH excluding ortho intramolecular Hbond substituents is 1. The molecule has 160 valence electrons. The summed E-state index contributed by atoms with van der Waals surface area (Å²) in [6.45, 7) is 4.14. The van der Waals surface area contributed by atoms with Crippen molar-refractivity contribution in [1.29, 1.82) is 0 Å². The number of aliphatic carboxylic acids is 1. The lowest BCUT2D eigenvalue weighted by Gasteiger charge is -2.43. The van der Waals surface area contributed by atoms with E-state index in [4.69, 9.17) is 0 Å². The van der Waals surface area contributed by atoms with Crippen LogP contribution in [-0.4, -0.2) is 63.6 Å². The topological polar surface area (TPSA) is 81.1 Å². The van der Waals surface area contributed by atoms with Crippen LogP contribution in [0.1, 0.15) is 44.6 Å². The predicted octanol–water partition coefficient (Wildman–Crippen LogP) is 4.03. The maximum atomic E-state index is 12.9. The van der Waals surface area contributed by atoms with Crippen LogP contribution in [0.25, 0.3) is 0 Å². The number of likely N-dealkylation sites (tertiary alicyclic amines) is 2. The lowest BCUT2D eigenvalue weighted by Crippen LogP contribution is -2.54. The maximum absolute atomic E-state index is 12.9. The lowest BCUT2D eigenvalue weighted by atomic mass is 9.94. The molecule has 0 bridgehead atoms. The second kappa shape index (κ2) is 9.79. The Morgan fingerprint density at radius 1 is 1.10 bits per heavy atom. The van der Waals surface area contributed by atoms with Gasteiger partial charge in [0.2, 0.25) is 5.91 Å². The molecule has 2 atom stereocenters. The molecule has 0 unspecified atom stereocenters. The SMILES string of the molecule is C[C@H](Cc1cc(Br)c(O)c(Br)c1)C(=O)N1CCC(N2CCCC[C@@H]2C(=O)O)CC1. The standard InChI is InChI=1S/C21H28Br2N2O4/c1-13(10-14-11-16(22)19(26)17(23)12-14)20(27)24-8-5-15(6-9-24)25-7-3-2-4-18(25)21(28)29/h11-13,15,18,26H,2-10H2,1H3,(H,28,29)/t13-,18-/m1/s1. The highest BCUT2D eigenvalue weighted by molar-refractivity contribution is 9.11. The van der Waals surface area contributed by atoms with Gasteiger partial charge in [-0.2, -0.15) is 0 Å². The molecular formula is C21H28Br2N2O4. The zero-order valence-electron chi connectivity index (χ0n) is 16.6. The van der Waals surface area contributed by atoms with E-state index in [-0.39, 0.29) is 29.7 Å². The van der Waals surface area contributed by atoms with Crippen LogP contribution in [0.3, 0.4) is 0 Å². The summed E-state index contributed by atoms with van der Waals surface area (Å²) in [6, 6.07) is 3.57. The fourth-order valence-electron chi connectivity index (χ4n) is 4.56. The molecule has 29 heavy (non-hydrogen) atoms. The number of phenols is 1. The van der Waals surface area contributed by atoms with Crippen LogP contribution in [0.2, 0.25) is 0 Å². The molecule has 0 aromatic heterocycles. The Morgan fingerprint density at radius 3 is 2.31 bits per heavy atom. The summed E-state index contributed by atoms with van der Waals surface area (Å²) in [4.78, 5) is 28.6. The number of piperidine rings is 2. The molecule has 2 aliphatic rings. The van der Waals surface area contributed by atoms with Gasteiger partial charge in [-0.3, -0.25) is 14.5 Å². The molecule has 0 radical (unpaired) electrons. The minimum absolute atomic E-state index is 0.136. The number of amides is 1. The summed E-state index contributed by atoms with van der Waals surface area (Å²) in [5.74, 6) is -0.580. The van der Waals surface area contributed by atoms with Gasteiger partial charge < -0.3 is 15.1 Å². The van der Waals surface area contributed by atoms with E-state index in [1.807, 2.05) is 24.0 Å². The lowest BCUT2D eigenvalue weighted by molar-refractivity contribution is -0.147. The molecule has 2 saturated heterocycles. The molecule has 1 aromatic rings. The molecule has 2 heterocycles. The second-order valence-electron chi connectivity index (χ2n) is 8.16. The van der Waals surface area contributed by atoms with Crippen LogP contribution in [0.15, 0.2) is 21.1 Å². The molecule has 2 aliphatic heterocycles. The van der Waals surface area contributed by atoms with Crippen molar-refractivity contribution in [1.82, 2.24) is 9.80 Å². The summed E-state index contributed by atoms with van der Waals surface area (Å²) >= 11 is 6.68. The highest BCUT2D eigenvalue weighted by atomic mass is 79.9. The summed E-state index contributed by atoms with van der Waals surface area (Å²) in [5.41, 5.74) is 0.981. The predicted molar refractivity (Wildman–Crippen MR) is 118 cm³/mol. The van der Waals surface area contributed by atoms with E-state index in [2.05, 4.69) is 36.8 Å². The van der Waals surface area contributed by atoms with Crippen LogP contribution < -0.4 is 0 Å². The van der Waals surface area contributed by atoms with Crippen LogP contribution in [0.4, 0.5) is 0 Å².